The second-order valence-corrected chi connectivity index (χ2v) is 5.66. The first-order valence-corrected chi connectivity index (χ1v) is 8.15. The van der Waals surface area contributed by atoms with Gasteiger partial charge in [0.1, 0.15) is 5.82 Å². The van der Waals surface area contributed by atoms with Gasteiger partial charge in [0.2, 0.25) is 5.89 Å². The van der Waals surface area contributed by atoms with Crippen molar-refractivity contribution in [2.24, 2.45) is 4.99 Å². The second kappa shape index (κ2) is 9.51. The van der Waals surface area contributed by atoms with Crippen molar-refractivity contribution in [3.63, 3.8) is 0 Å². The highest BCUT2D eigenvalue weighted by Crippen LogP contribution is 2.19. The number of rotatable bonds is 6. The Balaban J connectivity index is 0.00000243. The third kappa shape index (κ3) is 5.16. The summed E-state index contributed by atoms with van der Waals surface area (Å²) in [6.45, 7) is 3.15. The topological polar surface area (TPSA) is 91.1 Å². The number of hydrogen-bond acceptors (Lipinski definition) is 4. The van der Waals surface area contributed by atoms with Crippen LogP contribution in [0, 0.1) is 12.7 Å². The summed E-state index contributed by atoms with van der Waals surface area (Å²) in [5, 5.41) is 11.3. The Morgan fingerprint density at radius 2 is 2.04 bits per heavy atom. The molecule has 0 fully saturated rings. The minimum Gasteiger partial charge on any atom is -0.361 e. The van der Waals surface area contributed by atoms with Gasteiger partial charge in [-0.2, -0.15) is 4.98 Å². The van der Waals surface area contributed by atoms with E-state index in [1.165, 1.54) is 12.1 Å². The van der Waals surface area contributed by atoms with Crippen molar-refractivity contribution in [1.82, 2.24) is 25.8 Å². The molecular weight excluding hydrogens is 450 g/mol. The third-order valence-electron chi connectivity index (χ3n) is 3.84. The number of fused-ring (bicyclic) bond motifs is 1. The minimum absolute atomic E-state index is 0. The van der Waals surface area contributed by atoms with Gasteiger partial charge in [-0.1, -0.05) is 5.16 Å². The lowest BCUT2D eigenvalue weighted by atomic mass is 10.1. The lowest BCUT2D eigenvalue weighted by Gasteiger charge is -2.10. The van der Waals surface area contributed by atoms with Gasteiger partial charge in [0, 0.05) is 43.7 Å². The zero-order chi connectivity index (χ0) is 17.6. The standard InChI is InChI=1S/C17H21FN6O.HI/c1-11-23-16(25-24-11)6-8-21-17(19-2)20-7-5-12-10-22-15-9-13(18)3-4-14(12)15;/h3-4,9-10,22H,5-8H2,1-2H3,(H2,19,20,21);1H. The van der Waals surface area contributed by atoms with Gasteiger partial charge in [-0.15, -0.1) is 24.0 Å². The van der Waals surface area contributed by atoms with Crippen LogP contribution in [0.15, 0.2) is 33.9 Å². The highest BCUT2D eigenvalue weighted by Gasteiger charge is 2.06. The number of nitrogens with one attached hydrogen (secondary N) is 3. The zero-order valence-electron chi connectivity index (χ0n) is 14.7. The van der Waals surface area contributed by atoms with Crippen molar-refractivity contribution in [3.05, 3.63) is 47.5 Å². The molecular formula is C17H22FIN6O. The van der Waals surface area contributed by atoms with Crippen molar-refractivity contribution in [1.29, 1.82) is 0 Å². The van der Waals surface area contributed by atoms with E-state index < -0.39 is 0 Å². The number of hydrogen-bond donors (Lipinski definition) is 3. The summed E-state index contributed by atoms with van der Waals surface area (Å²) in [7, 11) is 1.72. The van der Waals surface area contributed by atoms with Crippen LogP contribution in [0.25, 0.3) is 10.9 Å². The molecule has 3 rings (SSSR count). The third-order valence-corrected chi connectivity index (χ3v) is 3.84. The molecule has 0 amide bonds. The lowest BCUT2D eigenvalue weighted by Crippen LogP contribution is -2.39. The first-order valence-electron chi connectivity index (χ1n) is 8.15. The SMILES string of the molecule is CN=C(NCCc1nc(C)no1)NCCc1c[nH]c2cc(F)ccc12.I. The molecule has 1 aromatic carbocycles. The van der Waals surface area contributed by atoms with Crippen LogP contribution in [0.2, 0.25) is 0 Å². The fraction of sp³-hybridized carbons (Fsp3) is 0.353. The quantitative estimate of drug-likeness (QED) is 0.292. The predicted molar refractivity (Wildman–Crippen MR) is 109 cm³/mol. The van der Waals surface area contributed by atoms with Crippen LogP contribution >= 0.6 is 24.0 Å². The summed E-state index contributed by atoms with van der Waals surface area (Å²) < 4.78 is 18.3. The van der Waals surface area contributed by atoms with Crippen LogP contribution in [0.1, 0.15) is 17.3 Å². The van der Waals surface area contributed by atoms with E-state index in [4.69, 9.17) is 4.52 Å². The van der Waals surface area contributed by atoms with Crippen LogP contribution in [-0.4, -0.2) is 41.2 Å². The molecule has 0 bridgehead atoms. The molecule has 0 aliphatic carbocycles. The summed E-state index contributed by atoms with van der Waals surface area (Å²) >= 11 is 0. The Hall–Kier alpha value is -2.17. The molecule has 3 N–H and O–H groups in total. The molecule has 2 aromatic heterocycles. The molecule has 0 saturated heterocycles. The largest absolute Gasteiger partial charge is 0.361 e. The van der Waals surface area contributed by atoms with E-state index in [0.29, 0.717) is 37.2 Å². The van der Waals surface area contributed by atoms with E-state index in [9.17, 15) is 4.39 Å². The molecule has 0 unspecified atom stereocenters. The van der Waals surface area contributed by atoms with Crippen molar-refractivity contribution in [2.45, 2.75) is 19.8 Å². The van der Waals surface area contributed by atoms with E-state index in [1.54, 1.807) is 20.0 Å². The number of aromatic nitrogens is 3. The van der Waals surface area contributed by atoms with Gasteiger partial charge in [-0.05, 0) is 37.1 Å². The zero-order valence-corrected chi connectivity index (χ0v) is 17.0. The Kier molecular flexibility index (Phi) is 7.37. The Labute approximate surface area is 167 Å². The van der Waals surface area contributed by atoms with E-state index >= 15 is 0 Å². The summed E-state index contributed by atoms with van der Waals surface area (Å²) in [5.74, 6) is 1.71. The summed E-state index contributed by atoms with van der Waals surface area (Å²) in [6.07, 6.45) is 3.35. The number of benzene rings is 1. The van der Waals surface area contributed by atoms with Gasteiger partial charge in [-0.3, -0.25) is 4.99 Å². The number of nitrogens with zero attached hydrogens (tertiary/aromatic N) is 3. The average molecular weight is 472 g/mol. The maximum atomic E-state index is 13.2. The number of aromatic amines is 1. The fourth-order valence-corrected chi connectivity index (χ4v) is 2.63. The smallest absolute Gasteiger partial charge is 0.228 e. The van der Waals surface area contributed by atoms with Crippen LogP contribution in [0.4, 0.5) is 4.39 Å². The average Bonchev–Trinajstić information content (AvgIpc) is 3.19. The van der Waals surface area contributed by atoms with Gasteiger partial charge in [0.05, 0.1) is 0 Å². The molecule has 26 heavy (non-hydrogen) atoms. The van der Waals surface area contributed by atoms with E-state index in [0.717, 1.165) is 22.9 Å². The number of guanidine groups is 1. The second-order valence-electron chi connectivity index (χ2n) is 5.66. The summed E-state index contributed by atoms with van der Waals surface area (Å²) in [5.41, 5.74) is 1.95. The molecule has 7 nitrogen and oxygen atoms in total. The van der Waals surface area contributed by atoms with Gasteiger partial charge in [0.15, 0.2) is 11.8 Å². The summed E-state index contributed by atoms with van der Waals surface area (Å²) in [6, 6.07) is 4.79. The Morgan fingerprint density at radius 1 is 1.27 bits per heavy atom. The monoisotopic (exact) mass is 472 g/mol. The number of aryl methyl sites for hydroxylation is 1. The normalized spacial score (nSPS) is 11.4. The van der Waals surface area contributed by atoms with Gasteiger partial charge in [-0.25, -0.2) is 4.39 Å². The number of halogens is 2. The van der Waals surface area contributed by atoms with Gasteiger partial charge >= 0.3 is 0 Å². The van der Waals surface area contributed by atoms with Crippen LogP contribution in [0.3, 0.4) is 0 Å². The summed E-state index contributed by atoms with van der Waals surface area (Å²) in [4.78, 5) is 11.4. The molecule has 9 heteroatoms. The molecule has 0 radical (unpaired) electrons. The molecule has 0 atom stereocenters. The van der Waals surface area contributed by atoms with Crippen molar-refractivity contribution in [2.75, 3.05) is 20.1 Å². The Bertz CT molecular complexity index is 875. The molecule has 0 aliphatic heterocycles. The maximum absolute atomic E-state index is 13.2. The van der Waals surface area contributed by atoms with Crippen LogP contribution in [-0.2, 0) is 12.8 Å². The fourth-order valence-electron chi connectivity index (χ4n) is 2.63. The molecule has 0 aliphatic rings. The first kappa shape index (κ1) is 20.1. The van der Waals surface area contributed by atoms with Crippen molar-refractivity contribution in [3.8, 4) is 0 Å². The Morgan fingerprint density at radius 3 is 2.73 bits per heavy atom. The van der Waals surface area contributed by atoms with E-state index in [1.807, 2.05) is 6.20 Å². The highest BCUT2D eigenvalue weighted by molar-refractivity contribution is 14.0. The maximum Gasteiger partial charge on any atom is 0.228 e. The van der Waals surface area contributed by atoms with Crippen molar-refractivity contribution >= 4 is 40.8 Å². The van der Waals surface area contributed by atoms with Crippen LogP contribution in [0.5, 0.6) is 0 Å². The van der Waals surface area contributed by atoms with Gasteiger partial charge in [0.25, 0.3) is 0 Å². The first-order chi connectivity index (χ1) is 12.2. The number of H-pyrrole nitrogens is 1. The van der Waals surface area contributed by atoms with Crippen LogP contribution < -0.4 is 10.6 Å². The molecule has 140 valence electrons. The van der Waals surface area contributed by atoms with E-state index in [2.05, 4.69) is 30.8 Å². The lowest BCUT2D eigenvalue weighted by molar-refractivity contribution is 0.374. The van der Waals surface area contributed by atoms with E-state index in [-0.39, 0.29) is 29.8 Å². The van der Waals surface area contributed by atoms with Gasteiger partial charge < -0.3 is 20.1 Å². The highest BCUT2D eigenvalue weighted by atomic mass is 127. The minimum atomic E-state index is -0.236. The number of aliphatic imine (C=N–C) groups is 1. The molecule has 0 saturated carbocycles. The molecule has 2 heterocycles. The van der Waals surface area contributed by atoms with Crippen molar-refractivity contribution < 1.29 is 8.91 Å². The molecule has 3 aromatic rings. The predicted octanol–water partition coefficient (Wildman–Crippen LogP) is 2.57. The molecule has 0 spiro atoms.